The fourth-order valence-electron chi connectivity index (χ4n) is 1.72. The van der Waals surface area contributed by atoms with E-state index in [2.05, 4.69) is 54.9 Å². The van der Waals surface area contributed by atoms with E-state index in [0.29, 0.717) is 0 Å². The van der Waals surface area contributed by atoms with Crippen molar-refractivity contribution in [3.63, 3.8) is 0 Å². The van der Waals surface area contributed by atoms with E-state index in [1.807, 2.05) is 22.2 Å². The summed E-state index contributed by atoms with van der Waals surface area (Å²) in [7, 11) is 0. The Bertz CT molecular complexity index is 465. The van der Waals surface area contributed by atoms with Gasteiger partial charge in [-0.05, 0) is 38.6 Å². The quantitative estimate of drug-likeness (QED) is 0.840. The molecule has 1 N–H and O–H groups in total. The van der Waals surface area contributed by atoms with Crippen LogP contribution < -0.4 is 5.32 Å². The first-order chi connectivity index (χ1) is 8.55. The smallest absolute Gasteiger partial charge is 0.0543 e. The predicted octanol–water partition coefficient (Wildman–Crippen LogP) is 3.03. The van der Waals surface area contributed by atoms with Gasteiger partial charge in [0.2, 0.25) is 0 Å². The molecule has 0 unspecified atom stereocenters. The number of hydrogen-bond acceptors (Lipinski definition) is 3. The van der Waals surface area contributed by atoms with E-state index in [1.54, 1.807) is 0 Å². The number of nitrogens with zero attached hydrogens (tertiary/aromatic N) is 2. The highest BCUT2D eigenvalue weighted by atomic mass is 32.1. The zero-order valence-corrected chi connectivity index (χ0v) is 12.1. The van der Waals surface area contributed by atoms with Crippen LogP contribution in [0, 0.1) is 0 Å². The maximum absolute atomic E-state index is 4.39. The Morgan fingerprint density at radius 3 is 2.83 bits per heavy atom. The molecule has 98 valence electrons. The van der Waals surface area contributed by atoms with Gasteiger partial charge in [0.25, 0.3) is 0 Å². The van der Waals surface area contributed by atoms with Gasteiger partial charge >= 0.3 is 0 Å². The van der Waals surface area contributed by atoms with Crippen molar-refractivity contribution in [3.8, 4) is 0 Å². The minimum Gasteiger partial charge on any atom is -0.312 e. The van der Waals surface area contributed by atoms with Gasteiger partial charge in [0.15, 0.2) is 0 Å². The standard InChI is InChI=1S/C14H21N3S/c1-14(2,3)17-11-12(10-16-17)9-15-7-6-13-5-4-8-18-13/h4-5,8,10-11,15H,6-7,9H2,1-3H3. The average molecular weight is 263 g/mol. The fourth-order valence-corrected chi connectivity index (χ4v) is 2.43. The van der Waals surface area contributed by atoms with E-state index < -0.39 is 0 Å². The summed E-state index contributed by atoms with van der Waals surface area (Å²) < 4.78 is 2.02. The molecule has 0 amide bonds. The van der Waals surface area contributed by atoms with Crippen molar-refractivity contribution in [1.82, 2.24) is 15.1 Å². The Kier molecular flexibility index (Phi) is 4.19. The molecule has 0 atom stereocenters. The van der Waals surface area contributed by atoms with Crippen molar-refractivity contribution in [3.05, 3.63) is 40.3 Å². The second-order valence-corrected chi connectivity index (χ2v) is 6.50. The Hall–Kier alpha value is -1.13. The molecule has 0 spiro atoms. The van der Waals surface area contributed by atoms with Crippen LogP contribution in [0.1, 0.15) is 31.2 Å². The molecule has 0 saturated carbocycles. The van der Waals surface area contributed by atoms with Crippen molar-refractivity contribution in [2.24, 2.45) is 0 Å². The molecule has 2 rings (SSSR count). The molecule has 0 fully saturated rings. The molecule has 0 aliphatic rings. The molecule has 0 aliphatic heterocycles. The summed E-state index contributed by atoms with van der Waals surface area (Å²) in [6, 6.07) is 4.29. The number of hydrogen-bond donors (Lipinski definition) is 1. The van der Waals surface area contributed by atoms with Gasteiger partial charge in [-0.3, -0.25) is 4.68 Å². The van der Waals surface area contributed by atoms with Crippen LogP contribution in [0.5, 0.6) is 0 Å². The van der Waals surface area contributed by atoms with Crippen LogP contribution in [-0.4, -0.2) is 16.3 Å². The van der Waals surface area contributed by atoms with Gasteiger partial charge in [-0.25, -0.2) is 0 Å². The predicted molar refractivity (Wildman–Crippen MR) is 77.0 cm³/mol. The molecule has 2 aromatic heterocycles. The van der Waals surface area contributed by atoms with Gasteiger partial charge in [-0.2, -0.15) is 5.10 Å². The summed E-state index contributed by atoms with van der Waals surface area (Å²) in [5.74, 6) is 0. The molecular weight excluding hydrogens is 242 g/mol. The van der Waals surface area contributed by atoms with Crippen LogP contribution >= 0.6 is 11.3 Å². The van der Waals surface area contributed by atoms with E-state index in [0.717, 1.165) is 19.5 Å². The van der Waals surface area contributed by atoms with Gasteiger partial charge in [-0.1, -0.05) is 6.07 Å². The van der Waals surface area contributed by atoms with Gasteiger partial charge in [0.1, 0.15) is 0 Å². The topological polar surface area (TPSA) is 29.9 Å². The first kappa shape index (κ1) is 13.3. The fraction of sp³-hybridized carbons (Fsp3) is 0.500. The van der Waals surface area contributed by atoms with Crippen molar-refractivity contribution in [2.45, 2.75) is 39.3 Å². The summed E-state index contributed by atoms with van der Waals surface area (Å²) in [6.45, 7) is 8.39. The molecule has 0 aliphatic carbocycles. The zero-order valence-electron chi connectivity index (χ0n) is 11.3. The second-order valence-electron chi connectivity index (χ2n) is 5.47. The Morgan fingerprint density at radius 1 is 1.39 bits per heavy atom. The highest BCUT2D eigenvalue weighted by Crippen LogP contribution is 2.13. The summed E-state index contributed by atoms with van der Waals surface area (Å²) in [6.07, 6.45) is 5.17. The minimum atomic E-state index is 0.0647. The molecule has 0 aromatic carbocycles. The molecule has 0 radical (unpaired) electrons. The summed E-state index contributed by atoms with van der Waals surface area (Å²) in [5.41, 5.74) is 1.31. The van der Waals surface area contributed by atoms with E-state index in [1.165, 1.54) is 10.4 Å². The molecule has 4 heteroatoms. The Morgan fingerprint density at radius 2 is 2.22 bits per heavy atom. The number of rotatable bonds is 5. The number of nitrogens with one attached hydrogen (secondary N) is 1. The van der Waals surface area contributed by atoms with E-state index in [4.69, 9.17) is 0 Å². The maximum atomic E-state index is 4.39. The molecular formula is C14H21N3S. The van der Waals surface area contributed by atoms with E-state index >= 15 is 0 Å². The largest absolute Gasteiger partial charge is 0.312 e. The zero-order chi connectivity index (χ0) is 13.0. The lowest BCUT2D eigenvalue weighted by molar-refractivity contribution is 0.355. The van der Waals surface area contributed by atoms with Gasteiger partial charge in [-0.15, -0.1) is 11.3 Å². The Labute approximate surface area is 113 Å². The number of aromatic nitrogens is 2. The molecule has 18 heavy (non-hydrogen) atoms. The van der Waals surface area contributed by atoms with Gasteiger partial charge < -0.3 is 5.32 Å². The van der Waals surface area contributed by atoms with Crippen LogP contribution in [-0.2, 0) is 18.5 Å². The Balaban J connectivity index is 1.75. The SMILES string of the molecule is CC(C)(C)n1cc(CNCCc2cccs2)cn1. The third-order valence-corrected chi connectivity index (χ3v) is 3.72. The molecule has 0 saturated heterocycles. The van der Waals surface area contributed by atoms with Crippen LogP contribution in [0.2, 0.25) is 0 Å². The summed E-state index contributed by atoms with van der Waals surface area (Å²) in [4.78, 5) is 1.44. The van der Waals surface area contributed by atoms with Crippen LogP contribution in [0.3, 0.4) is 0 Å². The summed E-state index contributed by atoms with van der Waals surface area (Å²) in [5, 5.41) is 9.98. The van der Waals surface area contributed by atoms with Gasteiger partial charge in [0, 0.05) is 29.7 Å². The third kappa shape index (κ3) is 3.68. The lowest BCUT2D eigenvalue weighted by atomic mass is 10.1. The van der Waals surface area contributed by atoms with Crippen LogP contribution in [0.15, 0.2) is 29.9 Å². The highest BCUT2D eigenvalue weighted by Gasteiger charge is 2.13. The van der Waals surface area contributed by atoms with E-state index in [9.17, 15) is 0 Å². The maximum Gasteiger partial charge on any atom is 0.0543 e. The normalized spacial score (nSPS) is 11.9. The van der Waals surface area contributed by atoms with Crippen LogP contribution in [0.4, 0.5) is 0 Å². The lowest BCUT2D eigenvalue weighted by Gasteiger charge is -2.18. The molecule has 3 nitrogen and oxygen atoms in total. The minimum absolute atomic E-state index is 0.0647. The summed E-state index contributed by atoms with van der Waals surface area (Å²) >= 11 is 1.82. The molecule has 0 bridgehead atoms. The van der Waals surface area contributed by atoms with Crippen molar-refractivity contribution >= 4 is 11.3 Å². The first-order valence-corrected chi connectivity index (χ1v) is 7.21. The number of thiophene rings is 1. The third-order valence-electron chi connectivity index (χ3n) is 2.78. The van der Waals surface area contributed by atoms with Gasteiger partial charge in [0.05, 0.1) is 11.7 Å². The highest BCUT2D eigenvalue weighted by molar-refractivity contribution is 7.09. The molecule has 2 aromatic rings. The first-order valence-electron chi connectivity index (χ1n) is 6.33. The monoisotopic (exact) mass is 263 g/mol. The average Bonchev–Trinajstić information content (AvgIpc) is 2.95. The van der Waals surface area contributed by atoms with Crippen molar-refractivity contribution in [2.75, 3.05) is 6.54 Å². The van der Waals surface area contributed by atoms with Crippen molar-refractivity contribution in [1.29, 1.82) is 0 Å². The second kappa shape index (κ2) is 5.67. The lowest BCUT2D eigenvalue weighted by Crippen LogP contribution is -2.22. The van der Waals surface area contributed by atoms with Crippen molar-refractivity contribution < 1.29 is 0 Å². The van der Waals surface area contributed by atoms with E-state index in [-0.39, 0.29) is 5.54 Å². The van der Waals surface area contributed by atoms with Crippen LogP contribution in [0.25, 0.3) is 0 Å². The molecule has 2 heterocycles.